The van der Waals surface area contributed by atoms with E-state index in [1.165, 1.54) is 12.4 Å². The average Bonchev–Trinajstić information content (AvgIpc) is 2.48. The molecule has 2 rings (SSSR count). The number of anilines is 1. The Morgan fingerprint density at radius 2 is 2.00 bits per heavy atom. The molecular weight excluding hydrogens is 274 g/mol. The summed E-state index contributed by atoms with van der Waals surface area (Å²) in [5.41, 5.74) is 1.12. The lowest BCUT2D eigenvalue weighted by Gasteiger charge is -2.22. The Kier molecular flexibility index (Phi) is 5.07. The van der Waals surface area contributed by atoms with Crippen LogP contribution in [-0.4, -0.2) is 22.4 Å². The lowest BCUT2D eigenvalue weighted by Crippen LogP contribution is -2.32. The standard InChI is InChI=1S/C15H16ClN3O/c1-2-3-9-19(12-7-5-4-6-8-12)15(20)13-10-17-11-14(16)18-13/h4-8,10-11H,2-3,9H2,1H3. The van der Waals surface area contributed by atoms with Crippen molar-refractivity contribution in [3.63, 3.8) is 0 Å². The maximum absolute atomic E-state index is 12.6. The molecule has 20 heavy (non-hydrogen) atoms. The first-order valence-corrected chi connectivity index (χ1v) is 6.94. The Morgan fingerprint density at radius 1 is 1.25 bits per heavy atom. The van der Waals surface area contributed by atoms with E-state index < -0.39 is 0 Å². The van der Waals surface area contributed by atoms with Crippen LogP contribution in [0.15, 0.2) is 42.7 Å². The van der Waals surface area contributed by atoms with Crippen molar-refractivity contribution in [2.75, 3.05) is 11.4 Å². The number of unbranched alkanes of at least 4 members (excludes halogenated alkanes) is 1. The number of amides is 1. The molecule has 4 nitrogen and oxygen atoms in total. The molecule has 0 aliphatic heterocycles. The number of carbonyl (C=O) groups excluding carboxylic acids is 1. The van der Waals surface area contributed by atoms with Crippen molar-refractivity contribution in [1.29, 1.82) is 0 Å². The molecule has 1 aromatic heterocycles. The monoisotopic (exact) mass is 289 g/mol. The highest BCUT2D eigenvalue weighted by atomic mass is 35.5. The molecule has 2 aromatic rings. The van der Waals surface area contributed by atoms with Crippen LogP contribution in [0.1, 0.15) is 30.3 Å². The van der Waals surface area contributed by atoms with E-state index in [4.69, 9.17) is 11.6 Å². The predicted molar refractivity (Wildman–Crippen MR) is 80.1 cm³/mol. The molecule has 0 atom stereocenters. The van der Waals surface area contributed by atoms with Gasteiger partial charge in [-0.1, -0.05) is 43.1 Å². The number of benzene rings is 1. The molecular formula is C15H16ClN3O. The molecule has 104 valence electrons. The maximum Gasteiger partial charge on any atom is 0.278 e. The average molecular weight is 290 g/mol. The third-order valence-electron chi connectivity index (χ3n) is 2.87. The summed E-state index contributed by atoms with van der Waals surface area (Å²) < 4.78 is 0. The zero-order chi connectivity index (χ0) is 14.4. The summed E-state index contributed by atoms with van der Waals surface area (Å²) in [4.78, 5) is 22.2. The number of hydrogen-bond donors (Lipinski definition) is 0. The lowest BCUT2D eigenvalue weighted by molar-refractivity contribution is 0.0981. The van der Waals surface area contributed by atoms with Gasteiger partial charge in [0.15, 0.2) is 0 Å². The van der Waals surface area contributed by atoms with E-state index in [1.54, 1.807) is 4.90 Å². The SMILES string of the molecule is CCCCN(C(=O)c1cncc(Cl)n1)c1ccccc1. The van der Waals surface area contributed by atoms with Crippen LogP contribution in [0.3, 0.4) is 0 Å². The Morgan fingerprint density at radius 3 is 2.65 bits per heavy atom. The molecule has 1 amide bonds. The number of rotatable bonds is 5. The van der Waals surface area contributed by atoms with Crippen LogP contribution in [0.4, 0.5) is 5.69 Å². The molecule has 0 saturated heterocycles. The van der Waals surface area contributed by atoms with Crippen LogP contribution < -0.4 is 4.90 Å². The fraction of sp³-hybridized carbons (Fsp3) is 0.267. The van der Waals surface area contributed by atoms with Crippen LogP contribution in [0.5, 0.6) is 0 Å². The molecule has 0 radical (unpaired) electrons. The summed E-state index contributed by atoms with van der Waals surface area (Å²) >= 11 is 5.80. The van der Waals surface area contributed by atoms with E-state index in [9.17, 15) is 4.79 Å². The summed E-state index contributed by atoms with van der Waals surface area (Å²) in [5.74, 6) is -0.181. The highest BCUT2D eigenvalue weighted by Gasteiger charge is 2.18. The highest BCUT2D eigenvalue weighted by Crippen LogP contribution is 2.17. The smallest absolute Gasteiger partial charge is 0.278 e. The fourth-order valence-electron chi connectivity index (χ4n) is 1.86. The van der Waals surface area contributed by atoms with Crippen molar-refractivity contribution in [3.8, 4) is 0 Å². The second kappa shape index (κ2) is 7.01. The number of aromatic nitrogens is 2. The normalized spacial score (nSPS) is 10.3. The first-order chi connectivity index (χ1) is 9.72. The summed E-state index contributed by atoms with van der Waals surface area (Å²) in [6.07, 6.45) is 4.79. The Hall–Kier alpha value is -1.94. The molecule has 0 spiro atoms. The molecule has 0 N–H and O–H groups in total. The second-order valence-corrected chi connectivity index (χ2v) is 4.76. The minimum absolute atomic E-state index is 0.181. The summed E-state index contributed by atoms with van der Waals surface area (Å²) in [6, 6.07) is 9.55. The van der Waals surface area contributed by atoms with Crippen LogP contribution in [-0.2, 0) is 0 Å². The molecule has 0 unspecified atom stereocenters. The van der Waals surface area contributed by atoms with E-state index in [1.807, 2.05) is 30.3 Å². The Balaban J connectivity index is 2.29. The predicted octanol–water partition coefficient (Wildman–Crippen LogP) is 3.58. The number of hydrogen-bond acceptors (Lipinski definition) is 3. The summed E-state index contributed by atoms with van der Waals surface area (Å²) in [5, 5.41) is 0.222. The van der Waals surface area contributed by atoms with Gasteiger partial charge in [0, 0.05) is 12.2 Å². The number of para-hydroxylation sites is 1. The summed E-state index contributed by atoms with van der Waals surface area (Å²) in [6.45, 7) is 2.74. The van der Waals surface area contributed by atoms with Gasteiger partial charge in [-0.15, -0.1) is 0 Å². The van der Waals surface area contributed by atoms with E-state index in [2.05, 4.69) is 16.9 Å². The molecule has 0 aliphatic rings. The molecule has 0 aliphatic carbocycles. The van der Waals surface area contributed by atoms with Crippen molar-refractivity contribution >= 4 is 23.2 Å². The van der Waals surface area contributed by atoms with Crippen molar-refractivity contribution in [2.24, 2.45) is 0 Å². The lowest BCUT2D eigenvalue weighted by atomic mass is 10.2. The van der Waals surface area contributed by atoms with Gasteiger partial charge in [-0.25, -0.2) is 4.98 Å². The van der Waals surface area contributed by atoms with Gasteiger partial charge in [0.1, 0.15) is 10.8 Å². The van der Waals surface area contributed by atoms with E-state index in [0.717, 1.165) is 18.5 Å². The number of carbonyl (C=O) groups is 1. The van der Waals surface area contributed by atoms with Crippen LogP contribution in [0.25, 0.3) is 0 Å². The largest absolute Gasteiger partial charge is 0.307 e. The Bertz CT molecular complexity index is 574. The van der Waals surface area contributed by atoms with Gasteiger partial charge in [-0.05, 0) is 18.6 Å². The second-order valence-electron chi connectivity index (χ2n) is 4.37. The van der Waals surface area contributed by atoms with Crippen molar-refractivity contribution in [1.82, 2.24) is 9.97 Å². The van der Waals surface area contributed by atoms with Crippen molar-refractivity contribution in [3.05, 3.63) is 53.6 Å². The van der Waals surface area contributed by atoms with Crippen LogP contribution >= 0.6 is 11.6 Å². The van der Waals surface area contributed by atoms with E-state index in [0.29, 0.717) is 6.54 Å². The van der Waals surface area contributed by atoms with E-state index >= 15 is 0 Å². The van der Waals surface area contributed by atoms with E-state index in [-0.39, 0.29) is 16.8 Å². The molecule has 1 heterocycles. The van der Waals surface area contributed by atoms with Gasteiger partial charge in [-0.3, -0.25) is 9.78 Å². The van der Waals surface area contributed by atoms with Crippen LogP contribution in [0.2, 0.25) is 5.15 Å². The number of halogens is 1. The third-order valence-corrected chi connectivity index (χ3v) is 3.05. The summed E-state index contributed by atoms with van der Waals surface area (Å²) in [7, 11) is 0. The zero-order valence-electron chi connectivity index (χ0n) is 11.3. The first-order valence-electron chi connectivity index (χ1n) is 6.57. The zero-order valence-corrected chi connectivity index (χ0v) is 12.0. The fourth-order valence-corrected chi connectivity index (χ4v) is 2.00. The molecule has 0 bridgehead atoms. The topological polar surface area (TPSA) is 46.1 Å². The quantitative estimate of drug-likeness (QED) is 0.845. The molecule has 1 aromatic carbocycles. The Labute approximate surface area is 123 Å². The maximum atomic E-state index is 12.6. The van der Waals surface area contributed by atoms with Crippen molar-refractivity contribution in [2.45, 2.75) is 19.8 Å². The van der Waals surface area contributed by atoms with Gasteiger partial charge in [-0.2, -0.15) is 0 Å². The first kappa shape index (κ1) is 14.5. The third kappa shape index (κ3) is 3.54. The van der Waals surface area contributed by atoms with Gasteiger partial charge in [0.05, 0.1) is 12.4 Å². The minimum Gasteiger partial charge on any atom is -0.307 e. The van der Waals surface area contributed by atoms with Crippen molar-refractivity contribution < 1.29 is 4.79 Å². The minimum atomic E-state index is -0.181. The van der Waals surface area contributed by atoms with Crippen LogP contribution in [0, 0.1) is 0 Å². The number of nitrogens with zero attached hydrogens (tertiary/aromatic N) is 3. The molecule has 5 heteroatoms. The van der Waals surface area contributed by atoms with Gasteiger partial charge in [0.2, 0.25) is 0 Å². The highest BCUT2D eigenvalue weighted by molar-refractivity contribution is 6.29. The van der Waals surface area contributed by atoms with Gasteiger partial charge in [0.25, 0.3) is 5.91 Å². The molecule has 0 fully saturated rings. The van der Waals surface area contributed by atoms with Gasteiger partial charge >= 0.3 is 0 Å². The molecule has 0 saturated carbocycles. The van der Waals surface area contributed by atoms with Gasteiger partial charge < -0.3 is 4.90 Å².